The van der Waals surface area contributed by atoms with Crippen LogP contribution < -0.4 is 4.74 Å². The monoisotopic (exact) mass is 366 g/mol. The van der Waals surface area contributed by atoms with Crippen LogP contribution in [-0.2, 0) is 4.79 Å². The molecule has 0 radical (unpaired) electrons. The number of hydrogen-bond donors (Lipinski definition) is 1. The fourth-order valence-corrected chi connectivity index (χ4v) is 4.20. The average Bonchev–Trinajstić information content (AvgIpc) is 2.68. The van der Waals surface area contributed by atoms with Crippen molar-refractivity contribution in [2.24, 2.45) is 11.3 Å². The number of para-hydroxylation sites is 1. The van der Waals surface area contributed by atoms with Gasteiger partial charge in [-0.25, -0.2) is 0 Å². The Labute approximate surface area is 162 Å². The molecule has 0 fully saturated rings. The largest absolute Gasteiger partial charge is 0.480 e. The van der Waals surface area contributed by atoms with Gasteiger partial charge >= 0.3 is 5.97 Å². The lowest BCUT2D eigenvalue weighted by Crippen LogP contribution is -2.40. The van der Waals surface area contributed by atoms with Crippen LogP contribution in [0.4, 0.5) is 0 Å². The molecule has 3 heteroatoms. The molecule has 0 aromatic heterocycles. The highest BCUT2D eigenvalue weighted by Crippen LogP contribution is 2.49. The lowest BCUT2D eigenvalue weighted by atomic mass is 9.65. The average molecular weight is 367 g/mol. The Morgan fingerprint density at radius 2 is 1.89 bits per heavy atom. The fourth-order valence-electron chi connectivity index (χ4n) is 4.20. The number of benzene rings is 1. The van der Waals surface area contributed by atoms with Gasteiger partial charge in [-0.3, -0.25) is 4.79 Å². The molecule has 1 aliphatic heterocycles. The second-order valence-electron chi connectivity index (χ2n) is 7.72. The summed E-state index contributed by atoms with van der Waals surface area (Å²) in [5.74, 6) is 0.650. The highest BCUT2D eigenvalue weighted by atomic mass is 16.5. The van der Waals surface area contributed by atoms with Crippen molar-refractivity contribution in [3.05, 3.63) is 59.4 Å². The summed E-state index contributed by atoms with van der Waals surface area (Å²) >= 11 is 0. The maximum atomic E-state index is 12.5. The molecule has 0 saturated carbocycles. The van der Waals surface area contributed by atoms with Crippen LogP contribution in [0, 0.1) is 11.3 Å². The van der Waals surface area contributed by atoms with E-state index in [-0.39, 0.29) is 5.92 Å². The number of hydrogen-bond acceptors (Lipinski definition) is 2. The Kier molecular flexibility index (Phi) is 6.20. The zero-order chi connectivity index (χ0) is 19.3. The van der Waals surface area contributed by atoms with E-state index in [0.29, 0.717) is 5.76 Å². The van der Waals surface area contributed by atoms with E-state index in [9.17, 15) is 9.90 Å². The van der Waals surface area contributed by atoms with Crippen molar-refractivity contribution in [3.63, 3.8) is 0 Å². The number of carboxylic acid groups (broad SMARTS) is 1. The molecule has 27 heavy (non-hydrogen) atoms. The molecule has 0 bridgehead atoms. The molecule has 0 spiro atoms. The maximum Gasteiger partial charge on any atom is 0.318 e. The fraction of sp³-hybridized carbons (Fsp3) is 0.458. The van der Waals surface area contributed by atoms with E-state index in [0.717, 1.165) is 29.7 Å². The van der Waals surface area contributed by atoms with Crippen molar-refractivity contribution >= 4 is 12.0 Å². The van der Waals surface area contributed by atoms with Gasteiger partial charge in [0.25, 0.3) is 0 Å². The van der Waals surface area contributed by atoms with Crippen LogP contribution in [-0.4, -0.2) is 11.1 Å². The lowest BCUT2D eigenvalue weighted by Gasteiger charge is -2.39. The molecule has 0 amide bonds. The summed E-state index contributed by atoms with van der Waals surface area (Å²) in [6.45, 7) is 4.28. The number of aliphatic carboxylic acids is 1. The van der Waals surface area contributed by atoms with Crippen LogP contribution in [0.3, 0.4) is 0 Å². The third kappa shape index (κ3) is 3.87. The number of ether oxygens (including phenoxy) is 1. The van der Waals surface area contributed by atoms with Crippen LogP contribution in [0.25, 0.3) is 6.08 Å². The van der Waals surface area contributed by atoms with Crippen LogP contribution in [0.5, 0.6) is 5.75 Å². The van der Waals surface area contributed by atoms with E-state index in [2.05, 4.69) is 13.8 Å². The van der Waals surface area contributed by atoms with Crippen LogP contribution in [0.15, 0.2) is 53.8 Å². The van der Waals surface area contributed by atoms with Gasteiger partial charge in [0, 0.05) is 11.1 Å². The molecule has 1 aliphatic carbocycles. The number of fused-ring (bicyclic) bond motifs is 2. The smallest absolute Gasteiger partial charge is 0.318 e. The Morgan fingerprint density at radius 3 is 2.67 bits per heavy atom. The van der Waals surface area contributed by atoms with Gasteiger partial charge < -0.3 is 9.84 Å². The molecule has 144 valence electrons. The van der Waals surface area contributed by atoms with Crippen molar-refractivity contribution in [3.8, 4) is 5.75 Å². The molecule has 3 nitrogen and oxygen atoms in total. The van der Waals surface area contributed by atoms with Gasteiger partial charge in [-0.1, -0.05) is 82.7 Å². The summed E-state index contributed by atoms with van der Waals surface area (Å²) < 4.78 is 6.04. The Morgan fingerprint density at radius 1 is 1.15 bits per heavy atom. The van der Waals surface area contributed by atoms with Gasteiger partial charge in [-0.2, -0.15) is 0 Å². The van der Waals surface area contributed by atoms with Gasteiger partial charge in [-0.05, 0) is 30.6 Å². The zero-order valence-corrected chi connectivity index (χ0v) is 16.4. The standard InChI is InChI=1S/C24H30O3/c1-3-4-5-6-7-8-12-18(2)24(23(25)26)16-11-15-22-20(24)17-19-13-9-10-14-21(19)27-22/h9-11,13-18H,3-8,12H2,1-2H3,(H,25,26). The Bertz CT molecular complexity index is 772. The van der Waals surface area contributed by atoms with Crippen molar-refractivity contribution < 1.29 is 14.6 Å². The number of unbranched alkanes of at least 4 members (excludes halogenated alkanes) is 5. The lowest BCUT2D eigenvalue weighted by molar-refractivity contribution is -0.146. The van der Waals surface area contributed by atoms with Gasteiger partial charge in [0.05, 0.1) is 0 Å². The minimum atomic E-state index is -1.03. The summed E-state index contributed by atoms with van der Waals surface area (Å²) in [6, 6.07) is 7.78. The third-order valence-electron chi connectivity index (χ3n) is 5.88. The minimum Gasteiger partial charge on any atom is -0.480 e. The molecule has 1 N–H and O–H groups in total. The summed E-state index contributed by atoms with van der Waals surface area (Å²) in [6.07, 6.45) is 15.7. The highest BCUT2D eigenvalue weighted by Gasteiger charge is 2.48. The quantitative estimate of drug-likeness (QED) is 0.516. The summed E-state index contributed by atoms with van der Waals surface area (Å²) in [4.78, 5) is 12.5. The van der Waals surface area contributed by atoms with E-state index in [4.69, 9.17) is 4.74 Å². The van der Waals surface area contributed by atoms with E-state index in [1.165, 1.54) is 32.1 Å². The first-order chi connectivity index (χ1) is 13.1. The van der Waals surface area contributed by atoms with Gasteiger partial charge in [0.1, 0.15) is 16.9 Å². The Balaban J connectivity index is 1.81. The molecule has 3 rings (SSSR count). The molecular formula is C24H30O3. The second kappa shape index (κ2) is 8.60. The molecule has 2 unspecified atom stereocenters. The van der Waals surface area contributed by atoms with Crippen molar-refractivity contribution in [1.82, 2.24) is 0 Å². The van der Waals surface area contributed by atoms with Crippen LogP contribution in [0.2, 0.25) is 0 Å². The van der Waals surface area contributed by atoms with Crippen molar-refractivity contribution in [1.29, 1.82) is 0 Å². The Hall–Kier alpha value is -2.29. The van der Waals surface area contributed by atoms with Crippen LogP contribution in [0.1, 0.15) is 64.4 Å². The van der Waals surface area contributed by atoms with Gasteiger partial charge in [0.15, 0.2) is 0 Å². The molecular weight excluding hydrogens is 336 g/mol. The third-order valence-corrected chi connectivity index (χ3v) is 5.88. The van der Waals surface area contributed by atoms with Gasteiger partial charge in [0.2, 0.25) is 0 Å². The zero-order valence-electron chi connectivity index (χ0n) is 16.4. The number of carbonyl (C=O) groups is 1. The first-order valence-corrected chi connectivity index (χ1v) is 10.2. The summed E-state index contributed by atoms with van der Waals surface area (Å²) in [5, 5.41) is 10.2. The van der Waals surface area contributed by atoms with E-state index in [1.54, 1.807) is 0 Å². The van der Waals surface area contributed by atoms with E-state index >= 15 is 0 Å². The predicted octanol–water partition coefficient (Wildman–Crippen LogP) is 6.37. The van der Waals surface area contributed by atoms with Crippen molar-refractivity contribution in [2.45, 2.75) is 58.8 Å². The molecule has 2 aliphatic rings. The van der Waals surface area contributed by atoms with E-state index in [1.807, 2.05) is 48.6 Å². The summed E-state index contributed by atoms with van der Waals surface area (Å²) in [5.41, 5.74) is 0.688. The molecule has 0 saturated heterocycles. The topological polar surface area (TPSA) is 46.5 Å². The first-order valence-electron chi connectivity index (χ1n) is 10.2. The molecule has 1 aromatic rings. The molecule has 1 aromatic carbocycles. The van der Waals surface area contributed by atoms with E-state index < -0.39 is 11.4 Å². The maximum absolute atomic E-state index is 12.5. The predicted molar refractivity (Wildman–Crippen MR) is 109 cm³/mol. The highest BCUT2D eigenvalue weighted by molar-refractivity contribution is 5.88. The van der Waals surface area contributed by atoms with Crippen LogP contribution >= 0.6 is 0 Å². The first kappa shape index (κ1) is 19.5. The molecule has 1 heterocycles. The second-order valence-corrected chi connectivity index (χ2v) is 7.72. The normalized spacial score (nSPS) is 21.4. The number of carboxylic acids is 1. The number of allylic oxidation sites excluding steroid dienone is 3. The summed E-state index contributed by atoms with van der Waals surface area (Å²) in [7, 11) is 0. The SMILES string of the molecule is CCCCCCCCC(C)C1(C(=O)O)C=CC=C2Oc3ccccc3C=C21. The number of rotatable bonds is 9. The minimum absolute atomic E-state index is 0.00115. The molecule has 2 atom stereocenters. The van der Waals surface area contributed by atoms with Gasteiger partial charge in [-0.15, -0.1) is 0 Å². The van der Waals surface area contributed by atoms with Crippen molar-refractivity contribution in [2.75, 3.05) is 0 Å².